The van der Waals surface area contributed by atoms with Crippen molar-refractivity contribution in [1.82, 2.24) is 0 Å². The monoisotopic (exact) mass is 321 g/mol. The van der Waals surface area contributed by atoms with Crippen LogP contribution < -0.4 is 4.90 Å². The lowest BCUT2D eigenvalue weighted by atomic mass is 10.1. The zero-order valence-electron chi connectivity index (χ0n) is 14.0. The predicted octanol–water partition coefficient (Wildman–Crippen LogP) is 2.36. The molecule has 1 heterocycles. The lowest BCUT2D eigenvalue weighted by molar-refractivity contribution is -0.887. The fourth-order valence-electron chi connectivity index (χ4n) is 2.81. The first-order chi connectivity index (χ1) is 9.93. The Morgan fingerprint density at radius 3 is 1.67 bits per heavy atom. The first kappa shape index (κ1) is 20.9. The van der Waals surface area contributed by atoms with E-state index in [1.54, 1.807) is 0 Å². The van der Waals surface area contributed by atoms with E-state index in [-0.39, 0.29) is 0 Å². The van der Waals surface area contributed by atoms with Gasteiger partial charge in [-0.25, -0.2) is 8.42 Å². The van der Waals surface area contributed by atoms with Gasteiger partial charge in [-0.3, -0.25) is 0 Å². The SMILES string of the molecule is CCCCCCCCCCC[NH+]1CCCC1.CS(=O)(=O)[O-]. The van der Waals surface area contributed by atoms with Gasteiger partial charge in [0.25, 0.3) is 0 Å². The zero-order valence-corrected chi connectivity index (χ0v) is 14.8. The highest BCUT2D eigenvalue weighted by molar-refractivity contribution is 7.84. The van der Waals surface area contributed by atoms with Crippen molar-refractivity contribution < 1.29 is 17.9 Å². The molecule has 1 saturated heterocycles. The first-order valence-corrected chi connectivity index (χ1v) is 10.5. The van der Waals surface area contributed by atoms with Crippen LogP contribution in [-0.2, 0) is 10.1 Å². The molecule has 0 spiro atoms. The summed E-state index contributed by atoms with van der Waals surface area (Å²) in [6.07, 6.45) is 16.7. The van der Waals surface area contributed by atoms with Gasteiger partial charge in [-0.1, -0.05) is 51.9 Å². The van der Waals surface area contributed by atoms with E-state index < -0.39 is 10.1 Å². The second-order valence-electron chi connectivity index (χ2n) is 6.24. The van der Waals surface area contributed by atoms with E-state index in [4.69, 9.17) is 13.0 Å². The highest BCUT2D eigenvalue weighted by atomic mass is 32.2. The molecule has 1 rings (SSSR count). The molecule has 0 amide bonds. The number of unbranched alkanes of at least 4 members (excludes halogenated alkanes) is 8. The van der Waals surface area contributed by atoms with E-state index in [1.807, 2.05) is 4.90 Å². The molecular weight excluding hydrogens is 286 g/mol. The van der Waals surface area contributed by atoms with Crippen LogP contribution in [0.3, 0.4) is 0 Å². The quantitative estimate of drug-likeness (QED) is 0.496. The summed E-state index contributed by atoms with van der Waals surface area (Å²) in [6.45, 7) is 6.66. The van der Waals surface area contributed by atoms with Gasteiger partial charge in [0.15, 0.2) is 0 Å². The lowest BCUT2D eigenvalue weighted by Gasteiger charge is -2.11. The topological polar surface area (TPSA) is 61.6 Å². The summed E-state index contributed by atoms with van der Waals surface area (Å²) < 4.78 is 27.2. The fraction of sp³-hybridized carbons (Fsp3) is 1.00. The Hall–Kier alpha value is -0.130. The van der Waals surface area contributed by atoms with Crippen molar-refractivity contribution in [2.24, 2.45) is 0 Å². The second kappa shape index (κ2) is 13.5. The molecule has 0 aromatic heterocycles. The maximum Gasteiger partial charge on any atom is 0.0916 e. The van der Waals surface area contributed by atoms with E-state index in [0.717, 1.165) is 0 Å². The Bertz CT molecular complexity index is 303. The highest BCUT2D eigenvalue weighted by Crippen LogP contribution is 2.09. The minimum atomic E-state index is -3.92. The van der Waals surface area contributed by atoms with Gasteiger partial charge >= 0.3 is 0 Å². The summed E-state index contributed by atoms with van der Waals surface area (Å²) in [5, 5.41) is 0. The van der Waals surface area contributed by atoms with Gasteiger partial charge in [0.05, 0.1) is 29.8 Å². The molecule has 1 N–H and O–H groups in total. The molecule has 1 fully saturated rings. The average Bonchev–Trinajstić information content (AvgIpc) is 2.88. The third kappa shape index (κ3) is 19.9. The van der Waals surface area contributed by atoms with E-state index in [0.29, 0.717) is 6.26 Å². The van der Waals surface area contributed by atoms with Crippen molar-refractivity contribution in [1.29, 1.82) is 0 Å². The average molecular weight is 322 g/mol. The van der Waals surface area contributed by atoms with Crippen LogP contribution in [0.15, 0.2) is 0 Å². The Labute approximate surface area is 132 Å². The molecule has 0 radical (unpaired) electrons. The maximum atomic E-state index is 9.08. The summed E-state index contributed by atoms with van der Waals surface area (Å²) in [5.41, 5.74) is 0. The van der Waals surface area contributed by atoms with E-state index >= 15 is 0 Å². The summed E-state index contributed by atoms with van der Waals surface area (Å²) in [4.78, 5) is 1.88. The lowest BCUT2D eigenvalue weighted by Crippen LogP contribution is -3.09. The molecule has 0 unspecified atom stereocenters. The molecule has 1 aliphatic heterocycles. The van der Waals surface area contributed by atoms with Gasteiger partial charge in [-0.15, -0.1) is 0 Å². The Morgan fingerprint density at radius 2 is 1.24 bits per heavy atom. The van der Waals surface area contributed by atoms with Gasteiger partial charge in [0.2, 0.25) is 0 Å². The summed E-state index contributed by atoms with van der Waals surface area (Å²) in [7, 11) is -3.92. The smallest absolute Gasteiger partial charge is 0.0916 e. The van der Waals surface area contributed by atoms with E-state index in [1.165, 1.54) is 90.3 Å². The minimum Gasteiger partial charge on any atom is -0.748 e. The predicted molar refractivity (Wildman–Crippen MR) is 87.6 cm³/mol. The highest BCUT2D eigenvalue weighted by Gasteiger charge is 2.13. The Morgan fingerprint density at radius 1 is 0.857 bits per heavy atom. The van der Waals surface area contributed by atoms with Crippen molar-refractivity contribution in [3.8, 4) is 0 Å². The van der Waals surface area contributed by atoms with Crippen LogP contribution in [0.25, 0.3) is 0 Å². The van der Waals surface area contributed by atoms with Crippen LogP contribution in [0.4, 0.5) is 0 Å². The number of nitrogens with one attached hydrogen (secondary N) is 1. The number of likely N-dealkylation sites (tertiary alicyclic amines) is 1. The van der Waals surface area contributed by atoms with E-state index in [2.05, 4.69) is 6.92 Å². The standard InChI is InChI=1S/C15H31N.CH4O3S/c1-2-3-4-5-6-7-8-9-10-13-16-14-11-12-15-16;1-5(2,3)4/h2-15H2,1H3;1H3,(H,2,3,4). The van der Waals surface area contributed by atoms with Crippen LogP contribution in [0.1, 0.15) is 77.6 Å². The van der Waals surface area contributed by atoms with E-state index in [9.17, 15) is 0 Å². The summed E-state index contributed by atoms with van der Waals surface area (Å²) in [6, 6.07) is 0. The molecule has 0 atom stereocenters. The Balaban J connectivity index is 0.000000690. The third-order valence-corrected chi connectivity index (χ3v) is 3.94. The normalized spacial score (nSPS) is 15.8. The molecule has 1 aliphatic rings. The van der Waals surface area contributed by atoms with Crippen molar-refractivity contribution >= 4 is 10.1 Å². The molecule has 4 nitrogen and oxygen atoms in total. The number of rotatable bonds is 10. The van der Waals surface area contributed by atoms with Crippen molar-refractivity contribution in [2.75, 3.05) is 25.9 Å². The van der Waals surface area contributed by atoms with Crippen LogP contribution in [0.5, 0.6) is 0 Å². The summed E-state index contributed by atoms with van der Waals surface area (Å²) >= 11 is 0. The van der Waals surface area contributed by atoms with Crippen molar-refractivity contribution in [3.05, 3.63) is 0 Å². The van der Waals surface area contributed by atoms with Crippen LogP contribution >= 0.6 is 0 Å². The first-order valence-electron chi connectivity index (χ1n) is 8.68. The van der Waals surface area contributed by atoms with Crippen LogP contribution in [0.2, 0.25) is 0 Å². The van der Waals surface area contributed by atoms with Crippen LogP contribution in [0, 0.1) is 0 Å². The molecule has 128 valence electrons. The molecule has 0 bridgehead atoms. The van der Waals surface area contributed by atoms with Crippen molar-refractivity contribution in [3.63, 3.8) is 0 Å². The van der Waals surface area contributed by atoms with Gasteiger partial charge in [0, 0.05) is 19.1 Å². The molecule has 0 aliphatic carbocycles. The zero-order chi connectivity index (χ0) is 16.0. The molecule has 0 aromatic rings. The van der Waals surface area contributed by atoms with Gasteiger partial charge in [-0.2, -0.15) is 0 Å². The molecular formula is C16H35NO3S. The second-order valence-corrected chi connectivity index (χ2v) is 7.65. The van der Waals surface area contributed by atoms with Gasteiger partial charge < -0.3 is 9.45 Å². The number of hydrogen-bond acceptors (Lipinski definition) is 3. The minimum absolute atomic E-state index is 0.604. The van der Waals surface area contributed by atoms with Gasteiger partial charge in [0.1, 0.15) is 0 Å². The number of quaternary nitrogens is 1. The molecule has 0 saturated carbocycles. The fourth-order valence-corrected chi connectivity index (χ4v) is 2.81. The summed E-state index contributed by atoms with van der Waals surface area (Å²) in [5.74, 6) is 0. The largest absolute Gasteiger partial charge is 0.748 e. The van der Waals surface area contributed by atoms with Crippen LogP contribution in [-0.4, -0.2) is 38.9 Å². The third-order valence-electron chi connectivity index (χ3n) is 3.94. The maximum absolute atomic E-state index is 9.08. The number of hydrogen-bond donors (Lipinski definition) is 1. The molecule has 21 heavy (non-hydrogen) atoms. The Kier molecular flexibility index (Phi) is 13.4. The molecule has 0 aromatic carbocycles. The van der Waals surface area contributed by atoms with Crippen molar-refractivity contribution in [2.45, 2.75) is 77.6 Å². The molecule has 5 heteroatoms. The van der Waals surface area contributed by atoms with Gasteiger partial charge in [-0.05, 0) is 12.8 Å².